The van der Waals surface area contributed by atoms with Crippen LogP contribution in [-0.4, -0.2) is 27.4 Å². The van der Waals surface area contributed by atoms with E-state index in [4.69, 9.17) is 9.15 Å². The average molecular weight is 362 g/mol. The Kier molecular flexibility index (Phi) is 4.12. The molecule has 3 aromatic heterocycles. The second-order valence-corrected chi connectivity index (χ2v) is 6.17. The van der Waals surface area contributed by atoms with Gasteiger partial charge in [0.1, 0.15) is 17.8 Å². The van der Waals surface area contributed by atoms with Crippen molar-refractivity contribution < 1.29 is 13.9 Å². The Labute approximate surface area is 155 Å². The van der Waals surface area contributed by atoms with E-state index < -0.39 is 0 Å². The van der Waals surface area contributed by atoms with Gasteiger partial charge in [-0.3, -0.25) is 9.20 Å². The van der Waals surface area contributed by atoms with Crippen molar-refractivity contribution in [2.24, 2.45) is 0 Å². The fourth-order valence-electron chi connectivity index (χ4n) is 3.03. The van der Waals surface area contributed by atoms with Crippen molar-refractivity contribution in [1.29, 1.82) is 0 Å². The molecule has 0 unspecified atom stereocenters. The van der Waals surface area contributed by atoms with Crippen molar-refractivity contribution in [1.82, 2.24) is 14.4 Å². The third kappa shape index (κ3) is 3.03. The summed E-state index contributed by atoms with van der Waals surface area (Å²) < 4.78 is 12.7. The van der Waals surface area contributed by atoms with E-state index in [1.165, 1.54) is 0 Å². The molecule has 27 heavy (non-hydrogen) atoms. The van der Waals surface area contributed by atoms with Gasteiger partial charge in [-0.2, -0.15) is 0 Å². The molecular formula is C20H18N4O3. The van der Waals surface area contributed by atoms with Gasteiger partial charge in [0.2, 0.25) is 0 Å². The number of fused-ring (bicyclic) bond motifs is 1. The first-order chi connectivity index (χ1) is 13.1. The lowest BCUT2D eigenvalue weighted by Gasteiger charge is -2.10. The highest BCUT2D eigenvalue weighted by atomic mass is 16.5. The molecule has 0 aliphatic rings. The van der Waals surface area contributed by atoms with Crippen LogP contribution in [0.15, 0.2) is 53.4 Å². The molecule has 0 radical (unpaired) electrons. The van der Waals surface area contributed by atoms with Crippen LogP contribution in [0.5, 0.6) is 5.75 Å². The smallest absolute Gasteiger partial charge is 0.278 e. The highest BCUT2D eigenvalue weighted by molar-refractivity contribution is 6.07. The molecule has 4 rings (SSSR count). The summed E-state index contributed by atoms with van der Waals surface area (Å²) in [4.78, 5) is 21.4. The molecule has 4 aromatic rings. The maximum Gasteiger partial charge on any atom is 0.278 e. The van der Waals surface area contributed by atoms with Gasteiger partial charge < -0.3 is 14.5 Å². The van der Waals surface area contributed by atoms with Crippen molar-refractivity contribution in [3.63, 3.8) is 0 Å². The van der Waals surface area contributed by atoms with E-state index in [2.05, 4.69) is 15.3 Å². The lowest BCUT2D eigenvalue weighted by Crippen LogP contribution is -2.13. The Morgan fingerprint density at radius 2 is 2.07 bits per heavy atom. The molecule has 0 saturated carbocycles. The summed E-state index contributed by atoms with van der Waals surface area (Å²) in [6.45, 7) is 3.84. The summed E-state index contributed by atoms with van der Waals surface area (Å²) in [6, 6.07) is 11.0. The van der Waals surface area contributed by atoms with Gasteiger partial charge in [0.25, 0.3) is 5.91 Å². The van der Waals surface area contributed by atoms with Gasteiger partial charge in [-0.15, -0.1) is 0 Å². The minimum atomic E-state index is -0.331. The van der Waals surface area contributed by atoms with Crippen molar-refractivity contribution in [3.05, 3.63) is 66.1 Å². The fourth-order valence-corrected chi connectivity index (χ4v) is 3.03. The van der Waals surface area contributed by atoms with Gasteiger partial charge in [-0.25, -0.2) is 9.97 Å². The zero-order valence-corrected chi connectivity index (χ0v) is 15.2. The Balaban J connectivity index is 1.66. The molecule has 0 spiro atoms. The standard InChI is InChI=1S/C20H18N4O3/c1-12-9-13(2)24-11-21-18(19(24)22-12)20(25)23-14-6-7-15(17(10-14)26-3)16-5-4-8-27-16/h4-11H,1-3H3,(H,23,25). The summed E-state index contributed by atoms with van der Waals surface area (Å²) in [7, 11) is 1.58. The first kappa shape index (κ1) is 16.8. The van der Waals surface area contributed by atoms with E-state index in [0.717, 1.165) is 17.0 Å². The number of hydrogen-bond donors (Lipinski definition) is 1. The Morgan fingerprint density at radius 3 is 2.81 bits per heavy atom. The number of furan rings is 1. The van der Waals surface area contributed by atoms with Gasteiger partial charge in [0.05, 0.1) is 18.9 Å². The molecule has 1 amide bonds. The molecule has 7 nitrogen and oxygen atoms in total. The van der Waals surface area contributed by atoms with Crippen LogP contribution in [0.2, 0.25) is 0 Å². The molecule has 0 aliphatic heterocycles. The molecule has 0 atom stereocenters. The van der Waals surface area contributed by atoms with Crippen LogP contribution >= 0.6 is 0 Å². The Hall–Kier alpha value is -3.61. The molecular weight excluding hydrogens is 344 g/mol. The van der Waals surface area contributed by atoms with Gasteiger partial charge in [-0.05, 0) is 44.2 Å². The number of amides is 1. The molecule has 0 aliphatic carbocycles. The maximum absolute atomic E-state index is 12.7. The highest BCUT2D eigenvalue weighted by Crippen LogP contribution is 2.32. The number of rotatable bonds is 4. The summed E-state index contributed by atoms with van der Waals surface area (Å²) in [5, 5.41) is 2.86. The maximum atomic E-state index is 12.7. The van der Waals surface area contributed by atoms with Crippen molar-refractivity contribution in [2.45, 2.75) is 13.8 Å². The molecule has 3 heterocycles. The second-order valence-electron chi connectivity index (χ2n) is 6.17. The average Bonchev–Trinajstić information content (AvgIpc) is 3.31. The van der Waals surface area contributed by atoms with Crippen LogP contribution < -0.4 is 10.1 Å². The number of imidazole rings is 1. The van der Waals surface area contributed by atoms with Crippen molar-refractivity contribution >= 4 is 17.2 Å². The number of nitrogens with one attached hydrogen (secondary N) is 1. The largest absolute Gasteiger partial charge is 0.496 e. The van der Waals surface area contributed by atoms with E-state index in [1.54, 1.807) is 36.2 Å². The third-order valence-electron chi connectivity index (χ3n) is 4.28. The first-order valence-electron chi connectivity index (χ1n) is 8.41. The fraction of sp³-hybridized carbons (Fsp3) is 0.150. The number of carbonyl (C=O) groups is 1. The summed E-state index contributed by atoms with van der Waals surface area (Å²) in [5.74, 6) is 0.963. The van der Waals surface area contributed by atoms with Crippen molar-refractivity contribution in [3.8, 4) is 17.1 Å². The van der Waals surface area contributed by atoms with E-state index in [9.17, 15) is 4.79 Å². The van der Waals surface area contributed by atoms with Crippen LogP contribution in [-0.2, 0) is 0 Å². The number of aromatic nitrogens is 3. The molecule has 136 valence electrons. The Bertz CT molecular complexity index is 1130. The monoisotopic (exact) mass is 362 g/mol. The molecule has 0 bridgehead atoms. The van der Waals surface area contributed by atoms with E-state index in [0.29, 0.717) is 22.8 Å². The number of nitrogens with zero attached hydrogens (tertiary/aromatic N) is 3. The van der Waals surface area contributed by atoms with Gasteiger partial charge in [0, 0.05) is 23.1 Å². The number of methoxy groups -OCH3 is 1. The SMILES string of the molecule is COc1cc(NC(=O)c2ncn3c(C)cc(C)nc23)ccc1-c1ccco1. The second kappa shape index (κ2) is 6.60. The zero-order chi connectivity index (χ0) is 19.0. The first-order valence-corrected chi connectivity index (χ1v) is 8.41. The summed E-state index contributed by atoms with van der Waals surface area (Å²) in [6.07, 6.45) is 3.21. The molecule has 0 saturated heterocycles. The number of benzene rings is 1. The predicted molar refractivity (Wildman–Crippen MR) is 101 cm³/mol. The van der Waals surface area contributed by atoms with Crippen molar-refractivity contribution in [2.75, 3.05) is 12.4 Å². The quantitative estimate of drug-likeness (QED) is 0.596. The molecule has 7 heteroatoms. The van der Waals surface area contributed by atoms with Crippen LogP contribution in [0.25, 0.3) is 17.0 Å². The molecule has 0 fully saturated rings. The summed E-state index contributed by atoms with van der Waals surface area (Å²) >= 11 is 0. The van der Waals surface area contributed by atoms with E-state index >= 15 is 0 Å². The predicted octanol–water partition coefficient (Wildman–Crippen LogP) is 3.87. The van der Waals surface area contributed by atoms with Gasteiger partial charge in [-0.1, -0.05) is 0 Å². The van der Waals surface area contributed by atoms with Gasteiger partial charge >= 0.3 is 0 Å². The van der Waals surface area contributed by atoms with E-state index in [1.807, 2.05) is 38.1 Å². The van der Waals surface area contributed by atoms with Crippen LogP contribution in [0.1, 0.15) is 21.9 Å². The number of hydrogen-bond acceptors (Lipinski definition) is 5. The normalized spacial score (nSPS) is 10.9. The third-order valence-corrected chi connectivity index (χ3v) is 4.28. The lowest BCUT2D eigenvalue weighted by atomic mass is 10.1. The lowest BCUT2D eigenvalue weighted by molar-refractivity contribution is 0.102. The van der Waals surface area contributed by atoms with Gasteiger partial charge in [0.15, 0.2) is 11.3 Å². The zero-order valence-electron chi connectivity index (χ0n) is 15.2. The topological polar surface area (TPSA) is 81.7 Å². The minimum absolute atomic E-state index is 0.274. The number of ether oxygens (including phenoxy) is 1. The number of aryl methyl sites for hydroxylation is 2. The molecule has 1 N–H and O–H groups in total. The minimum Gasteiger partial charge on any atom is -0.496 e. The van der Waals surface area contributed by atoms with E-state index in [-0.39, 0.29) is 11.6 Å². The van der Waals surface area contributed by atoms with Crippen LogP contribution in [0.3, 0.4) is 0 Å². The molecule has 1 aromatic carbocycles. The highest BCUT2D eigenvalue weighted by Gasteiger charge is 2.17. The van der Waals surface area contributed by atoms with Crippen LogP contribution in [0, 0.1) is 13.8 Å². The van der Waals surface area contributed by atoms with Crippen LogP contribution in [0.4, 0.5) is 5.69 Å². The summed E-state index contributed by atoms with van der Waals surface area (Å²) in [5.41, 5.74) is 4.01. The number of anilines is 1. The number of carbonyl (C=O) groups excluding carboxylic acids is 1. The Morgan fingerprint density at radius 1 is 1.22 bits per heavy atom.